The third kappa shape index (κ3) is 21.8. The van der Waals surface area contributed by atoms with E-state index < -0.39 is 61.9 Å². The molecule has 0 spiro atoms. The lowest BCUT2D eigenvalue weighted by molar-refractivity contribution is -0.184. The van der Waals surface area contributed by atoms with Gasteiger partial charge < -0.3 is 58.2 Å². The zero-order valence-electron chi connectivity index (χ0n) is 30.0. The fourth-order valence-electron chi connectivity index (χ4n) is 4.11. The van der Waals surface area contributed by atoms with E-state index in [1.807, 2.05) is 36.4 Å². The summed E-state index contributed by atoms with van der Waals surface area (Å²) >= 11 is 0. The molecule has 0 aromatic rings. The van der Waals surface area contributed by atoms with Crippen LogP contribution in [0.2, 0.25) is 0 Å². The van der Waals surface area contributed by atoms with E-state index in [0.29, 0.717) is 0 Å². The van der Waals surface area contributed by atoms with Gasteiger partial charge in [-0.15, -0.1) is 0 Å². The van der Waals surface area contributed by atoms with Crippen LogP contribution in [0.5, 0.6) is 0 Å². The molecular formula is C34H44N10O10. The topological polar surface area (TPSA) is 284 Å². The average Bonchev–Trinajstić information content (AvgIpc) is 3.16. The van der Waals surface area contributed by atoms with Crippen molar-refractivity contribution in [2.24, 2.45) is 0 Å². The average molecular weight is 753 g/mol. The van der Waals surface area contributed by atoms with Gasteiger partial charge in [-0.3, -0.25) is 9.59 Å². The third-order valence-corrected chi connectivity index (χ3v) is 6.45. The highest BCUT2D eigenvalue weighted by Crippen LogP contribution is 2.18. The van der Waals surface area contributed by atoms with Gasteiger partial charge in [-0.2, -0.15) is 31.6 Å². The molecule has 0 radical (unpaired) electrons. The Morgan fingerprint density at radius 3 is 1.19 bits per heavy atom. The Labute approximate surface area is 315 Å². The lowest BCUT2D eigenvalue weighted by Crippen LogP contribution is -2.65. The summed E-state index contributed by atoms with van der Waals surface area (Å²) in [6, 6.07) is 11.4. The summed E-state index contributed by atoms with van der Waals surface area (Å²) in [5, 5.41) is 59.8. The molecule has 20 heteroatoms. The number of carbonyl (C=O) groups is 2. The van der Waals surface area contributed by atoms with Crippen molar-refractivity contribution in [3.8, 4) is 36.4 Å². The molecule has 3 atom stereocenters. The summed E-state index contributed by atoms with van der Waals surface area (Å²) in [4.78, 5) is 34.9. The molecule has 0 aliphatic rings. The number of nitrogens with zero attached hydrogens (tertiary/aromatic N) is 8. The fraction of sp³-hybridized carbons (Fsp3) is 0.706. The molecule has 2 amide bonds. The molecule has 0 aliphatic heterocycles. The molecule has 54 heavy (non-hydrogen) atoms. The standard InChI is InChI=1S/C34H44N10O10/c1-41-15-23-50-28-34(54-24-16-42-2,27-49-19-5-11-37)44-32(46)30(52-21-7-13-39)29(51-20-6-12-38)31(45)43-33(53-22-8-14-40,25-47-17-3-9-35)26-48-18-4-10-36/h29-30H,3-8,15-28H2,(H,43,45)(H,44,46). The van der Waals surface area contributed by atoms with Crippen molar-refractivity contribution in [3.05, 3.63) is 22.8 Å². The minimum Gasteiger partial charge on any atom is -0.375 e. The second-order valence-electron chi connectivity index (χ2n) is 10.7. The molecule has 0 aromatic carbocycles. The largest absolute Gasteiger partial charge is 0.375 e. The molecular weight excluding hydrogens is 708 g/mol. The molecule has 290 valence electrons. The zero-order chi connectivity index (χ0) is 40.2. The molecule has 20 nitrogen and oxygen atoms in total. The summed E-state index contributed by atoms with van der Waals surface area (Å²) in [5.74, 6) is -2.09. The first kappa shape index (κ1) is 48.5. The first-order valence-corrected chi connectivity index (χ1v) is 16.6. The van der Waals surface area contributed by atoms with E-state index in [1.165, 1.54) is 0 Å². The van der Waals surface area contributed by atoms with Crippen LogP contribution in [0.1, 0.15) is 38.5 Å². The van der Waals surface area contributed by atoms with Gasteiger partial charge in [0, 0.05) is 0 Å². The van der Waals surface area contributed by atoms with E-state index in [9.17, 15) is 20.1 Å². The zero-order valence-corrected chi connectivity index (χ0v) is 30.0. The van der Waals surface area contributed by atoms with E-state index in [-0.39, 0.29) is 104 Å². The Kier molecular flexibility index (Phi) is 29.0. The Bertz CT molecular complexity index is 1290. The van der Waals surface area contributed by atoms with Crippen LogP contribution in [0.15, 0.2) is 0 Å². The molecule has 0 heterocycles. The lowest BCUT2D eigenvalue weighted by atomic mass is 10.1. The Hall–Kier alpha value is -5.46. The van der Waals surface area contributed by atoms with Crippen molar-refractivity contribution in [2.75, 3.05) is 92.4 Å². The number of carbonyl (C=O) groups excluding carboxylic acids is 2. The van der Waals surface area contributed by atoms with Gasteiger partial charge in [0.1, 0.15) is 13.2 Å². The monoisotopic (exact) mass is 752 g/mol. The van der Waals surface area contributed by atoms with Crippen LogP contribution in [0.25, 0.3) is 9.69 Å². The SMILES string of the molecule is [C-]#[N+]CCOCC(COCCC#N)(NC(=O)C(OCCC#N)C(OCCC#N)C(=O)NC(COCCC#N)(COCCC#N)OCCC#N)OCC[N+]#[C-]. The number of hydrogen-bond acceptors (Lipinski definition) is 16. The van der Waals surface area contributed by atoms with Crippen molar-refractivity contribution in [3.63, 3.8) is 0 Å². The predicted molar refractivity (Wildman–Crippen MR) is 181 cm³/mol. The van der Waals surface area contributed by atoms with Gasteiger partial charge in [0.15, 0.2) is 23.7 Å². The van der Waals surface area contributed by atoms with Gasteiger partial charge in [-0.1, -0.05) is 0 Å². The summed E-state index contributed by atoms with van der Waals surface area (Å²) in [6.07, 6.45) is -4.35. The van der Waals surface area contributed by atoms with E-state index in [2.05, 4.69) is 20.3 Å². The van der Waals surface area contributed by atoms with Crippen LogP contribution < -0.4 is 10.6 Å². The van der Waals surface area contributed by atoms with Crippen LogP contribution in [0.3, 0.4) is 0 Å². The highest BCUT2D eigenvalue weighted by atomic mass is 16.6. The number of ether oxygens (including phenoxy) is 8. The second kappa shape index (κ2) is 32.2. The van der Waals surface area contributed by atoms with Gasteiger partial charge in [0.05, 0.1) is 141 Å². The van der Waals surface area contributed by atoms with E-state index in [4.69, 9.17) is 72.1 Å². The number of amides is 2. The van der Waals surface area contributed by atoms with E-state index >= 15 is 0 Å². The highest BCUT2D eigenvalue weighted by Gasteiger charge is 2.44. The molecule has 0 fully saturated rings. The summed E-state index contributed by atoms with van der Waals surface area (Å²) in [5.41, 5.74) is -3.71. The molecule has 0 aliphatic carbocycles. The van der Waals surface area contributed by atoms with Gasteiger partial charge in [-0.05, 0) is 0 Å². The molecule has 0 saturated heterocycles. The molecule has 0 rings (SSSR count). The van der Waals surface area contributed by atoms with Crippen molar-refractivity contribution in [1.82, 2.24) is 10.6 Å². The molecule has 3 unspecified atom stereocenters. The molecule has 0 bridgehead atoms. The van der Waals surface area contributed by atoms with Crippen molar-refractivity contribution in [2.45, 2.75) is 62.2 Å². The fourth-order valence-corrected chi connectivity index (χ4v) is 4.11. The van der Waals surface area contributed by atoms with Crippen LogP contribution in [-0.2, 0) is 47.5 Å². The van der Waals surface area contributed by atoms with Gasteiger partial charge in [-0.25, -0.2) is 13.1 Å². The predicted octanol–water partition coefficient (Wildman–Crippen LogP) is 0.802. The maximum atomic E-state index is 14.2. The van der Waals surface area contributed by atoms with Crippen LogP contribution in [-0.4, -0.2) is 128 Å². The van der Waals surface area contributed by atoms with E-state index in [1.54, 1.807) is 0 Å². The molecule has 2 N–H and O–H groups in total. The van der Waals surface area contributed by atoms with Gasteiger partial charge in [0.25, 0.3) is 11.8 Å². The van der Waals surface area contributed by atoms with Crippen LogP contribution in [0.4, 0.5) is 0 Å². The van der Waals surface area contributed by atoms with Crippen molar-refractivity contribution < 1.29 is 47.5 Å². The van der Waals surface area contributed by atoms with E-state index in [0.717, 1.165) is 0 Å². The Balaban J connectivity index is 7.03. The Morgan fingerprint density at radius 2 is 0.815 bits per heavy atom. The smallest absolute Gasteiger partial charge is 0.254 e. The van der Waals surface area contributed by atoms with Crippen molar-refractivity contribution >= 4 is 11.8 Å². The molecule has 0 aromatic heterocycles. The molecule has 0 saturated carbocycles. The van der Waals surface area contributed by atoms with Crippen molar-refractivity contribution in [1.29, 1.82) is 31.6 Å². The number of rotatable bonds is 33. The van der Waals surface area contributed by atoms with Gasteiger partial charge in [0.2, 0.25) is 13.1 Å². The van der Waals surface area contributed by atoms with Crippen LogP contribution >= 0.6 is 0 Å². The third-order valence-electron chi connectivity index (χ3n) is 6.45. The summed E-state index contributed by atoms with van der Waals surface area (Å²) < 4.78 is 45.7. The summed E-state index contributed by atoms with van der Waals surface area (Å²) in [6.45, 7) is 10.9. The minimum atomic E-state index is -1.86. The first-order chi connectivity index (χ1) is 26.3. The maximum absolute atomic E-state index is 14.2. The number of nitriles is 6. The number of nitrogens with one attached hydrogen (secondary N) is 2. The maximum Gasteiger partial charge on any atom is 0.254 e. The first-order valence-electron chi connectivity index (χ1n) is 16.6. The van der Waals surface area contributed by atoms with Gasteiger partial charge >= 0.3 is 0 Å². The minimum absolute atomic E-state index is 0.0157. The quantitative estimate of drug-likeness (QED) is 0.0532. The normalized spacial score (nSPS) is 12.7. The lowest BCUT2D eigenvalue weighted by Gasteiger charge is -2.37. The second-order valence-corrected chi connectivity index (χ2v) is 10.7. The Morgan fingerprint density at radius 1 is 0.500 bits per heavy atom. The van der Waals surface area contributed by atoms with Crippen LogP contribution in [0, 0.1) is 81.1 Å². The number of hydrogen-bond donors (Lipinski definition) is 2. The highest BCUT2D eigenvalue weighted by molar-refractivity contribution is 5.91. The summed E-state index contributed by atoms with van der Waals surface area (Å²) in [7, 11) is 0.